The summed E-state index contributed by atoms with van der Waals surface area (Å²) >= 11 is 0. The van der Waals surface area contributed by atoms with Gasteiger partial charge in [0.25, 0.3) is 0 Å². The van der Waals surface area contributed by atoms with Crippen LogP contribution >= 0.6 is 0 Å². The van der Waals surface area contributed by atoms with Crippen LogP contribution in [0.2, 0.25) is 0 Å². The van der Waals surface area contributed by atoms with Gasteiger partial charge < -0.3 is 19.7 Å². The summed E-state index contributed by atoms with van der Waals surface area (Å²) in [5.74, 6) is -1.69. The average molecular weight is 143 g/mol. The van der Waals surface area contributed by atoms with Crippen LogP contribution in [-0.2, 0) is 9.53 Å². The van der Waals surface area contributed by atoms with Crippen LogP contribution < -0.4 is 5.11 Å². The minimum absolute atomic E-state index is 0.0139. The molecule has 1 saturated carbocycles. The molecule has 1 N–H and O–H groups in total. The highest BCUT2D eigenvalue weighted by molar-refractivity contribution is 5.72. The molecule has 4 unspecified atom stereocenters. The topological polar surface area (TPSA) is 69.6 Å². The molecule has 1 aliphatic carbocycles. The third-order valence-corrected chi connectivity index (χ3v) is 2.29. The number of carboxylic acid groups (broad SMARTS) is 1. The molecular formula is C6H7O4-. The van der Waals surface area contributed by atoms with Crippen molar-refractivity contribution in [3.05, 3.63) is 0 Å². The maximum Gasteiger partial charge on any atom is 0.158 e. The Kier molecular flexibility index (Phi) is 1.04. The molecule has 2 rings (SSSR count). The minimum Gasteiger partial charge on any atom is -0.550 e. The summed E-state index contributed by atoms with van der Waals surface area (Å²) in [5, 5.41) is 19.2. The highest BCUT2D eigenvalue weighted by Crippen LogP contribution is 2.53. The van der Waals surface area contributed by atoms with Crippen LogP contribution in [0.4, 0.5) is 0 Å². The third kappa shape index (κ3) is 0.602. The van der Waals surface area contributed by atoms with Crippen molar-refractivity contribution in [2.45, 2.75) is 6.29 Å². The highest BCUT2D eigenvalue weighted by atomic mass is 16.6. The molecule has 1 saturated heterocycles. The predicted molar refractivity (Wildman–Crippen MR) is 27.4 cm³/mol. The van der Waals surface area contributed by atoms with Gasteiger partial charge in [0.1, 0.15) is 0 Å². The van der Waals surface area contributed by atoms with Crippen molar-refractivity contribution in [1.82, 2.24) is 0 Å². The van der Waals surface area contributed by atoms with Gasteiger partial charge in [-0.05, 0) is 5.92 Å². The summed E-state index contributed by atoms with van der Waals surface area (Å²) in [6.45, 7) is 0.366. The largest absolute Gasteiger partial charge is 0.550 e. The van der Waals surface area contributed by atoms with Gasteiger partial charge in [-0.3, -0.25) is 0 Å². The second-order valence-electron chi connectivity index (χ2n) is 2.81. The summed E-state index contributed by atoms with van der Waals surface area (Å²) in [7, 11) is 0. The highest BCUT2D eigenvalue weighted by Gasteiger charge is 2.59. The zero-order chi connectivity index (χ0) is 7.30. The molecule has 2 aliphatic rings. The van der Waals surface area contributed by atoms with Gasteiger partial charge in [-0.15, -0.1) is 0 Å². The maximum absolute atomic E-state index is 10.2. The van der Waals surface area contributed by atoms with E-state index in [1.165, 1.54) is 0 Å². The van der Waals surface area contributed by atoms with Crippen LogP contribution in [0, 0.1) is 17.8 Å². The second kappa shape index (κ2) is 1.71. The van der Waals surface area contributed by atoms with Crippen LogP contribution in [-0.4, -0.2) is 24.0 Å². The Bertz CT molecular complexity index is 179. The monoisotopic (exact) mass is 143 g/mol. The molecule has 0 aromatic carbocycles. The van der Waals surface area contributed by atoms with Crippen molar-refractivity contribution in [2.75, 3.05) is 6.61 Å². The average Bonchev–Trinajstić information content (AvgIpc) is 2.48. The van der Waals surface area contributed by atoms with Gasteiger partial charge in [0.2, 0.25) is 0 Å². The minimum atomic E-state index is -1.06. The first-order valence-electron chi connectivity index (χ1n) is 3.22. The van der Waals surface area contributed by atoms with Gasteiger partial charge in [-0.25, -0.2) is 0 Å². The second-order valence-corrected chi connectivity index (χ2v) is 2.81. The molecule has 0 aromatic rings. The zero-order valence-electron chi connectivity index (χ0n) is 5.19. The van der Waals surface area contributed by atoms with E-state index in [4.69, 9.17) is 9.84 Å². The molecule has 56 valence electrons. The van der Waals surface area contributed by atoms with Gasteiger partial charge in [0.05, 0.1) is 6.61 Å². The fourth-order valence-corrected chi connectivity index (χ4v) is 1.66. The van der Waals surface area contributed by atoms with Crippen LogP contribution in [0.3, 0.4) is 0 Å². The molecule has 1 heterocycles. The first-order chi connectivity index (χ1) is 4.72. The fraction of sp³-hybridized carbons (Fsp3) is 0.833. The van der Waals surface area contributed by atoms with Crippen LogP contribution in [0.25, 0.3) is 0 Å². The van der Waals surface area contributed by atoms with Crippen molar-refractivity contribution in [3.63, 3.8) is 0 Å². The molecule has 0 radical (unpaired) electrons. The number of aliphatic hydroxyl groups excluding tert-OH is 1. The molecule has 2 fully saturated rings. The Balaban J connectivity index is 2.05. The smallest absolute Gasteiger partial charge is 0.158 e. The summed E-state index contributed by atoms with van der Waals surface area (Å²) in [6.07, 6.45) is -0.868. The number of carbonyl (C=O) groups is 1. The lowest BCUT2D eigenvalue weighted by molar-refractivity contribution is -0.310. The van der Waals surface area contributed by atoms with Crippen molar-refractivity contribution >= 4 is 5.97 Å². The van der Waals surface area contributed by atoms with Crippen molar-refractivity contribution in [1.29, 1.82) is 0 Å². The molecule has 4 atom stereocenters. The lowest BCUT2D eigenvalue weighted by Gasteiger charge is -2.08. The lowest BCUT2D eigenvalue weighted by atomic mass is 10.3. The Labute approximate surface area is 57.4 Å². The van der Waals surface area contributed by atoms with Crippen LogP contribution in [0.1, 0.15) is 0 Å². The Morgan fingerprint density at radius 3 is 2.70 bits per heavy atom. The molecule has 10 heavy (non-hydrogen) atoms. The van der Waals surface area contributed by atoms with Gasteiger partial charge in [-0.2, -0.15) is 0 Å². The van der Waals surface area contributed by atoms with Crippen molar-refractivity contribution in [3.8, 4) is 0 Å². The molecule has 0 spiro atoms. The lowest BCUT2D eigenvalue weighted by Crippen LogP contribution is -2.29. The molecule has 1 aliphatic heterocycles. The summed E-state index contributed by atoms with van der Waals surface area (Å²) in [6, 6.07) is 0. The quantitative estimate of drug-likeness (QED) is 0.458. The number of carboxylic acids is 1. The van der Waals surface area contributed by atoms with E-state index in [1.807, 2.05) is 0 Å². The van der Waals surface area contributed by atoms with E-state index in [1.54, 1.807) is 0 Å². The number of carbonyl (C=O) groups excluding carboxylic acids is 1. The standard InChI is InChI=1S/C6H8O4/c7-5(8)3-2-1-10-6(9)4(2)3/h2-4,6,9H,1H2,(H,7,8)/p-1. The van der Waals surface area contributed by atoms with E-state index in [9.17, 15) is 9.90 Å². The molecule has 4 nitrogen and oxygen atoms in total. The maximum atomic E-state index is 10.2. The number of fused-ring (bicyclic) bond motifs is 1. The molecular weight excluding hydrogens is 136 g/mol. The fourth-order valence-electron chi connectivity index (χ4n) is 1.66. The van der Waals surface area contributed by atoms with E-state index in [0.29, 0.717) is 6.61 Å². The molecule has 4 heteroatoms. The predicted octanol–water partition coefficient (Wildman–Crippen LogP) is -2.05. The number of aliphatic carboxylic acids is 1. The SMILES string of the molecule is O=C([O-])C1C2COC(O)C21. The van der Waals surface area contributed by atoms with Gasteiger partial charge in [-0.1, -0.05) is 0 Å². The Hall–Kier alpha value is -0.610. The van der Waals surface area contributed by atoms with E-state index >= 15 is 0 Å². The van der Waals surface area contributed by atoms with Crippen molar-refractivity contribution in [2.24, 2.45) is 17.8 Å². The number of rotatable bonds is 1. The summed E-state index contributed by atoms with van der Waals surface area (Å²) in [5.41, 5.74) is 0. The van der Waals surface area contributed by atoms with Crippen LogP contribution in [0.15, 0.2) is 0 Å². The number of aliphatic hydroxyl groups is 1. The molecule has 0 bridgehead atoms. The van der Waals surface area contributed by atoms with Crippen molar-refractivity contribution < 1.29 is 19.7 Å². The van der Waals surface area contributed by atoms with E-state index in [0.717, 1.165) is 0 Å². The number of hydrogen-bond donors (Lipinski definition) is 1. The first kappa shape index (κ1) is 6.12. The Morgan fingerprint density at radius 1 is 1.70 bits per heavy atom. The molecule has 0 aromatic heterocycles. The van der Waals surface area contributed by atoms with Crippen LogP contribution in [0.5, 0.6) is 0 Å². The van der Waals surface area contributed by atoms with E-state index in [2.05, 4.69) is 0 Å². The van der Waals surface area contributed by atoms with E-state index in [-0.39, 0.29) is 11.8 Å². The van der Waals surface area contributed by atoms with Gasteiger partial charge in [0, 0.05) is 17.8 Å². The molecule has 0 amide bonds. The van der Waals surface area contributed by atoms with Gasteiger partial charge in [0.15, 0.2) is 6.29 Å². The first-order valence-corrected chi connectivity index (χ1v) is 3.22. The summed E-state index contributed by atoms with van der Waals surface area (Å²) < 4.78 is 4.76. The number of ether oxygens (including phenoxy) is 1. The van der Waals surface area contributed by atoms with E-state index < -0.39 is 18.2 Å². The summed E-state index contributed by atoms with van der Waals surface area (Å²) in [4.78, 5) is 10.2. The Morgan fingerprint density at radius 2 is 2.40 bits per heavy atom. The number of hydrogen-bond acceptors (Lipinski definition) is 4. The normalized spacial score (nSPS) is 50.5. The zero-order valence-corrected chi connectivity index (χ0v) is 5.19. The van der Waals surface area contributed by atoms with Gasteiger partial charge >= 0.3 is 0 Å². The third-order valence-electron chi connectivity index (χ3n) is 2.29.